The van der Waals surface area contributed by atoms with Crippen molar-refractivity contribution in [3.05, 3.63) is 42.2 Å². The van der Waals surface area contributed by atoms with E-state index in [1.54, 1.807) is 12.1 Å². The Kier molecular flexibility index (Phi) is 4.87. The van der Waals surface area contributed by atoms with Crippen LogP contribution in [0.5, 0.6) is 0 Å². The molecule has 1 saturated carbocycles. The number of rotatable bonds is 5. The third-order valence-electron chi connectivity index (χ3n) is 3.35. The average Bonchev–Trinajstić information content (AvgIpc) is 2.97. The molecule has 2 amide bonds. The first kappa shape index (κ1) is 14.2. The molecule has 1 aromatic heterocycles. The van der Waals surface area contributed by atoms with E-state index < -0.39 is 0 Å². The SMILES string of the molecule is C=CCNC(=O)c1cc(C(=O)NC2CCCC2)ccn1. The van der Waals surface area contributed by atoms with Crippen molar-refractivity contribution in [1.29, 1.82) is 0 Å². The van der Waals surface area contributed by atoms with Crippen LogP contribution in [0.25, 0.3) is 0 Å². The summed E-state index contributed by atoms with van der Waals surface area (Å²) in [6.45, 7) is 3.90. The molecule has 0 unspecified atom stereocenters. The number of aromatic nitrogens is 1. The highest BCUT2D eigenvalue weighted by atomic mass is 16.2. The third kappa shape index (κ3) is 3.66. The van der Waals surface area contributed by atoms with E-state index in [0.717, 1.165) is 25.7 Å². The minimum Gasteiger partial charge on any atom is -0.349 e. The minimum atomic E-state index is -0.305. The van der Waals surface area contributed by atoms with Gasteiger partial charge in [0.1, 0.15) is 5.69 Å². The molecule has 0 spiro atoms. The molecular weight excluding hydrogens is 254 g/mol. The van der Waals surface area contributed by atoms with E-state index in [-0.39, 0.29) is 23.6 Å². The van der Waals surface area contributed by atoms with Crippen LogP contribution >= 0.6 is 0 Å². The molecule has 1 aromatic rings. The highest BCUT2D eigenvalue weighted by molar-refractivity contribution is 5.98. The number of pyridine rings is 1. The zero-order valence-electron chi connectivity index (χ0n) is 11.4. The maximum atomic E-state index is 12.1. The fraction of sp³-hybridized carbons (Fsp3) is 0.400. The first-order valence-corrected chi connectivity index (χ1v) is 6.86. The molecule has 1 aliphatic carbocycles. The summed E-state index contributed by atoms with van der Waals surface area (Å²) in [6.07, 6.45) is 7.46. The first-order valence-electron chi connectivity index (χ1n) is 6.86. The molecule has 1 heterocycles. The molecule has 0 radical (unpaired) electrons. The van der Waals surface area contributed by atoms with Crippen LogP contribution < -0.4 is 10.6 Å². The molecule has 2 rings (SSSR count). The van der Waals surface area contributed by atoms with Crippen LogP contribution in [-0.4, -0.2) is 29.4 Å². The van der Waals surface area contributed by atoms with E-state index >= 15 is 0 Å². The average molecular weight is 273 g/mol. The van der Waals surface area contributed by atoms with Crippen molar-refractivity contribution >= 4 is 11.8 Å². The lowest BCUT2D eigenvalue weighted by Gasteiger charge is -2.12. The van der Waals surface area contributed by atoms with Gasteiger partial charge in [0.25, 0.3) is 11.8 Å². The van der Waals surface area contributed by atoms with Crippen molar-refractivity contribution in [3.63, 3.8) is 0 Å². The van der Waals surface area contributed by atoms with Crippen molar-refractivity contribution in [1.82, 2.24) is 15.6 Å². The lowest BCUT2D eigenvalue weighted by molar-refractivity contribution is 0.0937. The van der Waals surface area contributed by atoms with Gasteiger partial charge in [0.05, 0.1) is 0 Å². The second kappa shape index (κ2) is 6.84. The highest BCUT2D eigenvalue weighted by Crippen LogP contribution is 2.18. The van der Waals surface area contributed by atoms with Gasteiger partial charge in [-0.05, 0) is 25.0 Å². The lowest BCUT2D eigenvalue weighted by atomic mass is 10.2. The number of nitrogens with one attached hydrogen (secondary N) is 2. The molecular formula is C15H19N3O2. The monoisotopic (exact) mass is 273 g/mol. The van der Waals surface area contributed by atoms with Crippen LogP contribution in [0.1, 0.15) is 46.5 Å². The van der Waals surface area contributed by atoms with Crippen LogP contribution in [0.3, 0.4) is 0 Å². The molecule has 1 aliphatic rings. The molecule has 0 saturated heterocycles. The van der Waals surface area contributed by atoms with Gasteiger partial charge in [-0.25, -0.2) is 0 Å². The molecule has 0 aliphatic heterocycles. The van der Waals surface area contributed by atoms with E-state index in [1.165, 1.54) is 12.3 Å². The lowest BCUT2D eigenvalue weighted by Crippen LogP contribution is -2.33. The van der Waals surface area contributed by atoms with E-state index in [1.807, 2.05) is 0 Å². The molecule has 0 atom stereocenters. The molecule has 5 nitrogen and oxygen atoms in total. The standard InChI is InChI=1S/C15H19N3O2/c1-2-8-17-15(20)13-10-11(7-9-16-13)14(19)18-12-5-3-4-6-12/h2,7,9-10,12H,1,3-6,8H2,(H,17,20)(H,18,19). The number of hydrogen-bond donors (Lipinski definition) is 2. The molecule has 0 aromatic carbocycles. The smallest absolute Gasteiger partial charge is 0.270 e. The zero-order valence-corrected chi connectivity index (χ0v) is 11.4. The number of nitrogens with zero attached hydrogens (tertiary/aromatic N) is 1. The van der Waals surface area contributed by atoms with Gasteiger partial charge in [0, 0.05) is 24.3 Å². The van der Waals surface area contributed by atoms with Crippen LogP contribution in [0, 0.1) is 0 Å². The summed E-state index contributed by atoms with van der Waals surface area (Å²) in [5.74, 6) is -0.447. The van der Waals surface area contributed by atoms with Gasteiger partial charge < -0.3 is 10.6 Å². The predicted octanol–water partition coefficient (Wildman–Crippen LogP) is 1.67. The van der Waals surface area contributed by atoms with Crippen LogP contribution in [0.2, 0.25) is 0 Å². The Morgan fingerprint density at radius 1 is 1.35 bits per heavy atom. The number of carbonyl (C=O) groups is 2. The van der Waals surface area contributed by atoms with E-state index in [9.17, 15) is 9.59 Å². The van der Waals surface area contributed by atoms with Crippen molar-refractivity contribution in [2.45, 2.75) is 31.7 Å². The second-order valence-corrected chi connectivity index (χ2v) is 4.88. The molecule has 1 fully saturated rings. The summed E-state index contributed by atoms with van der Waals surface area (Å²) >= 11 is 0. The highest BCUT2D eigenvalue weighted by Gasteiger charge is 2.18. The Hall–Kier alpha value is -2.17. The van der Waals surface area contributed by atoms with Crippen LogP contribution in [0.15, 0.2) is 31.0 Å². The van der Waals surface area contributed by atoms with Gasteiger partial charge in [-0.1, -0.05) is 18.9 Å². The van der Waals surface area contributed by atoms with E-state index in [0.29, 0.717) is 12.1 Å². The fourth-order valence-electron chi connectivity index (χ4n) is 2.29. The van der Waals surface area contributed by atoms with Gasteiger partial charge in [-0.3, -0.25) is 14.6 Å². The summed E-state index contributed by atoms with van der Waals surface area (Å²) in [4.78, 5) is 27.9. The second-order valence-electron chi connectivity index (χ2n) is 4.88. The predicted molar refractivity (Wildman–Crippen MR) is 76.5 cm³/mol. The molecule has 20 heavy (non-hydrogen) atoms. The van der Waals surface area contributed by atoms with Crippen LogP contribution in [-0.2, 0) is 0 Å². The van der Waals surface area contributed by atoms with E-state index in [2.05, 4.69) is 22.2 Å². The number of hydrogen-bond acceptors (Lipinski definition) is 3. The Labute approximate surface area is 118 Å². The topological polar surface area (TPSA) is 71.1 Å². The van der Waals surface area contributed by atoms with Crippen molar-refractivity contribution in [2.75, 3.05) is 6.54 Å². The van der Waals surface area contributed by atoms with Crippen molar-refractivity contribution in [2.24, 2.45) is 0 Å². The van der Waals surface area contributed by atoms with Gasteiger partial charge in [0.15, 0.2) is 0 Å². The molecule has 0 bridgehead atoms. The summed E-state index contributed by atoms with van der Waals surface area (Å²) < 4.78 is 0. The molecule has 2 N–H and O–H groups in total. The minimum absolute atomic E-state index is 0.142. The summed E-state index contributed by atoms with van der Waals surface area (Å²) in [7, 11) is 0. The van der Waals surface area contributed by atoms with E-state index in [4.69, 9.17) is 0 Å². The molecule has 106 valence electrons. The number of amides is 2. The van der Waals surface area contributed by atoms with Crippen LogP contribution in [0.4, 0.5) is 0 Å². The Balaban J connectivity index is 2.02. The summed E-state index contributed by atoms with van der Waals surface area (Å²) in [5.41, 5.74) is 0.710. The normalized spacial score (nSPS) is 14.8. The van der Waals surface area contributed by atoms with Crippen molar-refractivity contribution in [3.8, 4) is 0 Å². The Morgan fingerprint density at radius 2 is 2.10 bits per heavy atom. The van der Waals surface area contributed by atoms with Gasteiger partial charge in [-0.2, -0.15) is 0 Å². The summed E-state index contributed by atoms with van der Waals surface area (Å²) in [5, 5.41) is 5.63. The Morgan fingerprint density at radius 3 is 2.80 bits per heavy atom. The fourth-order valence-corrected chi connectivity index (χ4v) is 2.29. The number of carbonyl (C=O) groups excluding carboxylic acids is 2. The molecule has 5 heteroatoms. The summed E-state index contributed by atoms with van der Waals surface area (Å²) in [6, 6.07) is 3.39. The maximum Gasteiger partial charge on any atom is 0.270 e. The Bertz CT molecular complexity index is 508. The first-order chi connectivity index (χ1) is 9.70. The third-order valence-corrected chi connectivity index (χ3v) is 3.35. The quantitative estimate of drug-likeness (QED) is 0.802. The van der Waals surface area contributed by atoms with Gasteiger partial charge in [-0.15, -0.1) is 6.58 Å². The zero-order chi connectivity index (χ0) is 14.4. The van der Waals surface area contributed by atoms with Crippen molar-refractivity contribution < 1.29 is 9.59 Å². The van der Waals surface area contributed by atoms with Gasteiger partial charge >= 0.3 is 0 Å². The largest absolute Gasteiger partial charge is 0.349 e. The van der Waals surface area contributed by atoms with Gasteiger partial charge in [0.2, 0.25) is 0 Å². The maximum absolute atomic E-state index is 12.1.